The average Bonchev–Trinajstić information content (AvgIpc) is 2.89. The summed E-state index contributed by atoms with van der Waals surface area (Å²) in [5, 5.41) is 23.1. The lowest BCUT2D eigenvalue weighted by Crippen LogP contribution is -2.53. The van der Waals surface area contributed by atoms with Crippen molar-refractivity contribution >= 4 is 16.6 Å². The van der Waals surface area contributed by atoms with E-state index in [-0.39, 0.29) is 34.8 Å². The fourth-order valence-electron chi connectivity index (χ4n) is 6.56. The largest absolute Gasteiger partial charge is 0.416 e. The van der Waals surface area contributed by atoms with E-state index in [1.54, 1.807) is 0 Å². The SMILES string of the molecule is CC(C)[Si](OC[C@@H](C)[C@H](O[Si](C)(C)C(C)(C)C)[C@H](C)[C@@H](O)[C@@H](C)[C@H](O)[C@H](C)COCc1ccccc1)(C(C)C)C(C)C. The maximum Gasteiger partial charge on any atom is 0.200 e. The van der Waals surface area contributed by atoms with Gasteiger partial charge in [0.25, 0.3) is 0 Å². The maximum atomic E-state index is 11.7. The highest BCUT2D eigenvalue weighted by Gasteiger charge is 2.47. The molecule has 0 unspecified atom stereocenters. The van der Waals surface area contributed by atoms with E-state index in [2.05, 4.69) is 89.3 Å². The molecule has 42 heavy (non-hydrogen) atoms. The molecule has 1 aromatic rings. The second-order valence-corrected chi connectivity index (χ2v) is 25.8. The highest BCUT2D eigenvalue weighted by molar-refractivity contribution is 6.77. The van der Waals surface area contributed by atoms with Gasteiger partial charge in [-0.15, -0.1) is 0 Å². The number of ether oxygens (including phenoxy) is 1. The zero-order chi connectivity index (χ0) is 32.6. The van der Waals surface area contributed by atoms with Gasteiger partial charge in [-0.05, 0) is 40.3 Å². The minimum atomic E-state index is -2.15. The van der Waals surface area contributed by atoms with Gasteiger partial charge in [0.2, 0.25) is 0 Å². The quantitative estimate of drug-likeness (QED) is 0.160. The second kappa shape index (κ2) is 16.7. The molecule has 0 amide bonds. The van der Waals surface area contributed by atoms with Gasteiger partial charge in [-0.25, -0.2) is 0 Å². The summed E-state index contributed by atoms with van der Waals surface area (Å²) in [7, 11) is -4.20. The topological polar surface area (TPSA) is 68.2 Å². The van der Waals surface area contributed by atoms with Gasteiger partial charge in [-0.3, -0.25) is 0 Å². The molecule has 1 rings (SSSR count). The van der Waals surface area contributed by atoms with E-state index in [0.717, 1.165) is 5.56 Å². The molecule has 0 heterocycles. The van der Waals surface area contributed by atoms with Crippen LogP contribution in [0.1, 0.15) is 95.6 Å². The van der Waals surface area contributed by atoms with Crippen molar-refractivity contribution in [1.29, 1.82) is 0 Å². The molecule has 0 saturated heterocycles. The predicted octanol–water partition coefficient (Wildman–Crippen LogP) is 9.05. The molecule has 246 valence electrons. The van der Waals surface area contributed by atoms with Crippen LogP contribution < -0.4 is 0 Å². The van der Waals surface area contributed by atoms with Crippen LogP contribution in [0.4, 0.5) is 0 Å². The molecule has 0 radical (unpaired) electrons. The Morgan fingerprint density at radius 1 is 0.690 bits per heavy atom. The number of benzene rings is 1. The van der Waals surface area contributed by atoms with Crippen molar-refractivity contribution in [1.82, 2.24) is 0 Å². The van der Waals surface area contributed by atoms with Gasteiger partial charge >= 0.3 is 0 Å². The number of hydrogen-bond acceptors (Lipinski definition) is 5. The van der Waals surface area contributed by atoms with Gasteiger partial charge in [0.1, 0.15) is 0 Å². The van der Waals surface area contributed by atoms with Gasteiger partial charge in [0.05, 0.1) is 31.5 Å². The molecule has 7 heteroatoms. The molecule has 5 nitrogen and oxygen atoms in total. The molecule has 1 aromatic carbocycles. The lowest BCUT2D eigenvalue weighted by molar-refractivity contribution is -0.0780. The first kappa shape index (κ1) is 39.5. The molecular weight excluding hydrogens is 557 g/mol. The van der Waals surface area contributed by atoms with E-state index in [0.29, 0.717) is 36.4 Å². The van der Waals surface area contributed by atoms with Crippen molar-refractivity contribution < 1.29 is 23.8 Å². The zero-order valence-electron chi connectivity index (χ0n) is 29.9. The molecule has 0 spiro atoms. The van der Waals surface area contributed by atoms with E-state index in [4.69, 9.17) is 13.6 Å². The van der Waals surface area contributed by atoms with Crippen molar-refractivity contribution in [3.63, 3.8) is 0 Å². The summed E-state index contributed by atoms with van der Waals surface area (Å²) in [4.78, 5) is 0. The van der Waals surface area contributed by atoms with E-state index in [9.17, 15) is 10.2 Å². The van der Waals surface area contributed by atoms with Crippen molar-refractivity contribution in [2.45, 2.75) is 150 Å². The Labute approximate surface area is 262 Å². The van der Waals surface area contributed by atoms with Gasteiger partial charge < -0.3 is 23.8 Å². The molecule has 0 fully saturated rings. The molecule has 2 N–H and O–H groups in total. The van der Waals surface area contributed by atoms with Crippen LogP contribution in [0.15, 0.2) is 30.3 Å². The standard InChI is InChI=1S/C35H68O5Si2/c1-24(2)42(25(3)4,26(5)6)39-22-28(8)34(40-41(14,15)35(11,12)13)30(10)33(37)29(9)32(36)27(7)21-38-23-31-19-17-16-18-20-31/h16-20,24-30,32-34,36-37H,21-23H2,1-15H3/t27-,28-,29+,30-,32-,33+,34+/m1/s1. The van der Waals surface area contributed by atoms with E-state index < -0.39 is 28.8 Å². The van der Waals surface area contributed by atoms with Crippen LogP contribution >= 0.6 is 0 Å². The van der Waals surface area contributed by atoms with Crippen LogP contribution in [0.2, 0.25) is 34.8 Å². The Balaban J connectivity index is 3.13. The van der Waals surface area contributed by atoms with E-state index >= 15 is 0 Å². The number of aliphatic hydroxyl groups excluding tert-OH is 2. The number of hydrogen-bond donors (Lipinski definition) is 2. The van der Waals surface area contributed by atoms with E-state index in [1.165, 1.54) is 0 Å². The van der Waals surface area contributed by atoms with Crippen LogP contribution in [0, 0.1) is 23.7 Å². The summed E-state index contributed by atoms with van der Waals surface area (Å²) >= 11 is 0. The third-order valence-electron chi connectivity index (χ3n) is 10.3. The minimum absolute atomic E-state index is 0.0402. The first-order valence-corrected chi connectivity index (χ1v) is 21.5. The summed E-state index contributed by atoms with van der Waals surface area (Å²) in [6, 6.07) is 10.1. The zero-order valence-corrected chi connectivity index (χ0v) is 31.9. The Hall–Kier alpha value is -0.546. The summed E-state index contributed by atoms with van der Waals surface area (Å²) in [6.45, 7) is 35.1. The number of aliphatic hydroxyl groups is 2. The van der Waals surface area contributed by atoms with Crippen LogP contribution in [0.5, 0.6) is 0 Å². The smallest absolute Gasteiger partial charge is 0.200 e. The van der Waals surface area contributed by atoms with E-state index in [1.807, 2.05) is 44.2 Å². The molecule has 0 aliphatic heterocycles. The highest BCUT2D eigenvalue weighted by Crippen LogP contribution is 2.44. The van der Waals surface area contributed by atoms with Gasteiger partial charge in [-0.1, -0.05) is 120 Å². The third-order valence-corrected chi connectivity index (χ3v) is 20.9. The van der Waals surface area contributed by atoms with Crippen LogP contribution in [0.25, 0.3) is 0 Å². The summed E-state index contributed by atoms with van der Waals surface area (Å²) < 4.78 is 20.1. The minimum Gasteiger partial charge on any atom is -0.416 e. The van der Waals surface area contributed by atoms with Crippen molar-refractivity contribution in [3.05, 3.63) is 35.9 Å². The molecule has 0 aromatic heterocycles. The van der Waals surface area contributed by atoms with Crippen LogP contribution in [-0.2, 0) is 20.2 Å². The normalized spacial score (nSPS) is 18.7. The van der Waals surface area contributed by atoms with Crippen molar-refractivity contribution in [3.8, 4) is 0 Å². The molecule has 0 saturated carbocycles. The lowest BCUT2D eigenvalue weighted by Gasteiger charge is -2.46. The summed E-state index contributed by atoms with van der Waals surface area (Å²) in [5.41, 5.74) is 2.64. The first-order valence-electron chi connectivity index (χ1n) is 16.5. The van der Waals surface area contributed by atoms with Crippen LogP contribution in [0.3, 0.4) is 0 Å². The molecule has 0 bridgehead atoms. The number of rotatable bonds is 18. The van der Waals surface area contributed by atoms with Crippen molar-refractivity contribution in [2.75, 3.05) is 13.2 Å². The summed E-state index contributed by atoms with van der Waals surface area (Å²) in [6.07, 6.45) is -1.60. The molecular formula is C35H68O5Si2. The van der Waals surface area contributed by atoms with Gasteiger partial charge in [0, 0.05) is 30.3 Å². The Bertz CT molecular complexity index is 861. The fraction of sp³-hybridized carbons (Fsp3) is 0.829. The third kappa shape index (κ3) is 10.2. The van der Waals surface area contributed by atoms with Gasteiger partial charge in [-0.2, -0.15) is 0 Å². The Morgan fingerprint density at radius 3 is 1.64 bits per heavy atom. The average molecular weight is 625 g/mol. The predicted molar refractivity (Wildman–Crippen MR) is 184 cm³/mol. The van der Waals surface area contributed by atoms with Gasteiger partial charge in [0.15, 0.2) is 16.6 Å². The Morgan fingerprint density at radius 2 is 1.19 bits per heavy atom. The lowest BCUT2D eigenvalue weighted by atomic mass is 9.80. The first-order chi connectivity index (χ1) is 19.2. The van der Waals surface area contributed by atoms with Crippen LogP contribution in [-0.4, -0.2) is 58.4 Å². The van der Waals surface area contributed by atoms with Crippen molar-refractivity contribution in [2.24, 2.45) is 23.7 Å². The Kier molecular flexibility index (Phi) is 15.7. The second-order valence-electron chi connectivity index (χ2n) is 15.6. The summed E-state index contributed by atoms with van der Waals surface area (Å²) in [5.74, 6) is -0.513. The molecule has 7 atom stereocenters. The molecule has 0 aliphatic carbocycles. The highest BCUT2D eigenvalue weighted by atomic mass is 28.4. The molecule has 0 aliphatic rings. The monoisotopic (exact) mass is 624 g/mol. The fourth-order valence-corrected chi connectivity index (χ4v) is 13.6. The maximum absolute atomic E-state index is 11.7.